The maximum atomic E-state index is 11.5. The molecule has 1 aromatic rings. The molecular formula is C36H54Na2O10S2. The van der Waals surface area contributed by atoms with Gasteiger partial charge in [-0.1, -0.05) is 55.2 Å². The molecule has 2 aliphatic rings. The van der Waals surface area contributed by atoms with Gasteiger partial charge in [0, 0.05) is 5.56 Å². The summed E-state index contributed by atoms with van der Waals surface area (Å²) < 4.78 is 77.8. The molecule has 10 nitrogen and oxygen atoms in total. The minimum Gasteiger partial charge on any atom is -0.716 e. The molecule has 2 aliphatic carbocycles. The van der Waals surface area contributed by atoms with Crippen LogP contribution in [0.15, 0.2) is 52.6 Å². The van der Waals surface area contributed by atoms with Crippen LogP contribution in [0.1, 0.15) is 125 Å². The van der Waals surface area contributed by atoms with Crippen molar-refractivity contribution >= 4 is 20.8 Å². The molecular weight excluding hydrogens is 703 g/mol. The average Bonchev–Trinajstić information content (AvgIpc) is 2.93. The molecule has 0 radical (unpaired) electrons. The molecule has 2 N–H and O–H groups in total. The van der Waals surface area contributed by atoms with E-state index in [4.69, 9.17) is 4.18 Å². The molecule has 0 amide bonds. The molecule has 0 aromatic heterocycles. The van der Waals surface area contributed by atoms with Crippen LogP contribution in [0.5, 0.6) is 11.5 Å². The van der Waals surface area contributed by atoms with Crippen molar-refractivity contribution in [1.29, 1.82) is 0 Å². The van der Waals surface area contributed by atoms with Gasteiger partial charge in [0.2, 0.25) is 0 Å². The van der Waals surface area contributed by atoms with E-state index in [-0.39, 0.29) is 93.9 Å². The van der Waals surface area contributed by atoms with Gasteiger partial charge in [-0.05, 0) is 140 Å². The van der Waals surface area contributed by atoms with E-state index in [1.165, 1.54) is 28.4 Å². The van der Waals surface area contributed by atoms with E-state index in [1.54, 1.807) is 6.92 Å². The van der Waals surface area contributed by atoms with Crippen molar-refractivity contribution in [3.8, 4) is 11.5 Å². The number of aliphatic hydroxyl groups is 2. The molecule has 0 saturated carbocycles. The molecule has 0 bridgehead atoms. The summed E-state index contributed by atoms with van der Waals surface area (Å²) in [6.07, 6.45) is 12.7. The topological polar surface area (TPSA) is 173 Å². The Balaban J connectivity index is 0.00000625. The second kappa shape index (κ2) is 19.4. The Morgan fingerprint density at radius 1 is 1.02 bits per heavy atom. The first-order valence-corrected chi connectivity index (χ1v) is 19.6. The van der Waals surface area contributed by atoms with Gasteiger partial charge >= 0.3 is 59.1 Å². The summed E-state index contributed by atoms with van der Waals surface area (Å²) in [6.45, 7) is 14.4. The van der Waals surface area contributed by atoms with Crippen LogP contribution in [-0.4, -0.2) is 47.9 Å². The van der Waals surface area contributed by atoms with Crippen molar-refractivity contribution < 1.29 is 104 Å². The van der Waals surface area contributed by atoms with Crippen molar-refractivity contribution in [2.24, 2.45) is 16.7 Å². The fraction of sp³-hybridized carbons (Fsp3) is 0.667. The largest absolute Gasteiger partial charge is 1.00 e. The first-order chi connectivity index (χ1) is 22.0. The molecule has 0 saturated heterocycles. The summed E-state index contributed by atoms with van der Waals surface area (Å²) >= 11 is 0. The molecule has 2 unspecified atom stereocenters. The Morgan fingerprint density at radius 3 is 2.26 bits per heavy atom. The van der Waals surface area contributed by atoms with Crippen LogP contribution < -0.4 is 67.5 Å². The van der Waals surface area contributed by atoms with Crippen LogP contribution in [0.4, 0.5) is 0 Å². The van der Waals surface area contributed by atoms with Crippen LogP contribution in [0, 0.1) is 16.7 Å². The zero-order valence-corrected chi connectivity index (χ0v) is 37.1. The fourth-order valence-corrected chi connectivity index (χ4v) is 8.34. The van der Waals surface area contributed by atoms with Gasteiger partial charge in [-0.2, -0.15) is 0 Å². The number of hydrogen-bond acceptors (Lipinski definition) is 10. The monoisotopic (exact) mass is 756 g/mol. The molecule has 3 rings (SSSR count). The van der Waals surface area contributed by atoms with Crippen LogP contribution in [-0.2, 0) is 27.2 Å². The van der Waals surface area contributed by atoms with Gasteiger partial charge in [-0.25, -0.2) is 16.8 Å². The maximum Gasteiger partial charge on any atom is 1.00 e. The summed E-state index contributed by atoms with van der Waals surface area (Å²) in [7, 11) is -10.2. The van der Waals surface area contributed by atoms with E-state index in [9.17, 15) is 36.2 Å². The van der Waals surface area contributed by atoms with Gasteiger partial charge in [-0.15, -0.1) is 0 Å². The Bertz CT molecular complexity index is 1610. The van der Waals surface area contributed by atoms with E-state index < -0.39 is 37.9 Å². The molecule has 50 heavy (non-hydrogen) atoms. The molecule has 0 spiro atoms. The third kappa shape index (κ3) is 13.9. The van der Waals surface area contributed by atoms with Crippen molar-refractivity contribution in [2.45, 2.75) is 137 Å². The first kappa shape index (κ1) is 47.8. The molecule has 0 fully saturated rings. The summed E-state index contributed by atoms with van der Waals surface area (Å²) in [4.78, 5) is 0. The summed E-state index contributed by atoms with van der Waals surface area (Å²) in [5.74, 6) is -0.330. The molecule has 14 heteroatoms. The fourth-order valence-electron chi connectivity index (χ4n) is 7.62. The van der Waals surface area contributed by atoms with Gasteiger partial charge in [0.25, 0.3) is 20.8 Å². The Morgan fingerprint density at radius 2 is 1.66 bits per heavy atom. The molecule has 0 heterocycles. The van der Waals surface area contributed by atoms with Crippen LogP contribution in [0.3, 0.4) is 0 Å². The van der Waals surface area contributed by atoms with Gasteiger partial charge in [0.15, 0.2) is 0 Å². The summed E-state index contributed by atoms with van der Waals surface area (Å²) in [5.41, 5.74) is 3.67. The summed E-state index contributed by atoms with van der Waals surface area (Å²) in [6, 6.07) is 3.48. The van der Waals surface area contributed by atoms with Crippen LogP contribution in [0.2, 0.25) is 0 Å². The van der Waals surface area contributed by atoms with Gasteiger partial charge in [0.1, 0.15) is 11.5 Å². The van der Waals surface area contributed by atoms with E-state index in [1.807, 2.05) is 13.8 Å². The average molecular weight is 757 g/mol. The van der Waals surface area contributed by atoms with Crippen molar-refractivity contribution in [2.75, 3.05) is 0 Å². The second-order valence-corrected chi connectivity index (χ2v) is 16.9. The Kier molecular flexibility index (Phi) is 18.5. The Hall–Kier alpha value is -0.220. The standard InChI is InChI=1S/C36H56O10S2.2Na/c1-25(2)11-8-22-36(7,38)33(37)19-14-26(3)12-9-20-34(5)21-10-13-31-30(34)17-15-27(4)35(31,6)24-28-23-29(45-47(39,40)41)16-18-32(28)46-48(42,43)44;;/h11-12,16,18,23,27,33,37-38H,8-10,13-15,17,19-22,24H2,1-7H3,(H,39,40,41)(H,42,43,44);;/q;2*+1/p-2/b26-12+;;/t27-,33?,34?,35+,36+;;/m0../s1. The predicted octanol–water partition coefficient (Wildman–Crippen LogP) is 1.20. The number of rotatable bonds is 16. The normalized spacial score (nSPS) is 24.5. The summed E-state index contributed by atoms with van der Waals surface area (Å²) in [5, 5.41) is 21.5. The van der Waals surface area contributed by atoms with Gasteiger partial charge in [-0.3, -0.25) is 0 Å². The zero-order valence-electron chi connectivity index (χ0n) is 31.5. The number of hydrogen-bond donors (Lipinski definition) is 2. The second-order valence-electron chi connectivity index (χ2n) is 15.0. The first-order valence-electron chi connectivity index (χ1n) is 16.9. The molecule has 5 atom stereocenters. The van der Waals surface area contributed by atoms with Crippen molar-refractivity contribution in [3.05, 3.63) is 58.2 Å². The van der Waals surface area contributed by atoms with Gasteiger partial charge in [0.05, 0.1) is 11.7 Å². The molecule has 272 valence electrons. The SMILES string of the molecule is CC(C)=CCC[C@@](C)(O)C(O)CC/C(C)=C/CCC1(C)CCCC2=C1CC[C@H](C)[C@@]2(C)Cc1cc(OS(=O)(=O)[O-])ccc1OS(=O)(=O)[O-].[Na+].[Na+]. The Labute approximate surface area is 345 Å². The van der Waals surface area contributed by atoms with Crippen molar-refractivity contribution in [3.63, 3.8) is 0 Å². The molecule has 1 aromatic carbocycles. The molecule has 0 aliphatic heterocycles. The minimum atomic E-state index is -5.12. The van der Waals surface area contributed by atoms with Crippen LogP contribution in [0.25, 0.3) is 0 Å². The maximum absolute atomic E-state index is 11.5. The van der Waals surface area contributed by atoms with Crippen LogP contribution >= 0.6 is 0 Å². The zero-order chi connectivity index (χ0) is 36.1. The number of benzene rings is 1. The minimum absolute atomic E-state index is 0. The third-order valence-corrected chi connectivity index (χ3v) is 11.5. The number of aliphatic hydroxyl groups excluding tert-OH is 1. The quantitative estimate of drug-likeness (QED) is 0.108. The van der Waals surface area contributed by atoms with E-state index in [2.05, 4.69) is 44.0 Å². The van der Waals surface area contributed by atoms with Crippen molar-refractivity contribution in [1.82, 2.24) is 0 Å². The van der Waals surface area contributed by atoms with Gasteiger partial charge < -0.3 is 27.7 Å². The van der Waals surface area contributed by atoms with E-state index in [0.29, 0.717) is 19.3 Å². The number of allylic oxidation sites excluding steroid dienone is 6. The van der Waals surface area contributed by atoms with E-state index >= 15 is 0 Å². The third-order valence-electron chi connectivity index (χ3n) is 10.8. The predicted molar refractivity (Wildman–Crippen MR) is 184 cm³/mol. The van der Waals surface area contributed by atoms with E-state index in [0.717, 1.165) is 63.5 Å². The smallest absolute Gasteiger partial charge is 0.716 e.